The van der Waals surface area contributed by atoms with E-state index in [-0.39, 0.29) is 5.82 Å². The van der Waals surface area contributed by atoms with Crippen LogP contribution in [0.15, 0.2) is 46.9 Å². The molecule has 0 amide bonds. The molecule has 0 spiro atoms. The lowest BCUT2D eigenvalue weighted by Crippen LogP contribution is -1.88. The van der Waals surface area contributed by atoms with Gasteiger partial charge in [0.05, 0.1) is 0 Å². The molecule has 80 valence electrons. The summed E-state index contributed by atoms with van der Waals surface area (Å²) < 4.78 is 14.5. The van der Waals surface area contributed by atoms with Crippen LogP contribution in [0, 0.1) is 5.82 Å². The quantitative estimate of drug-likeness (QED) is 0.757. The summed E-state index contributed by atoms with van der Waals surface area (Å²) in [6, 6.07) is 11.6. The van der Waals surface area contributed by atoms with Crippen LogP contribution in [-0.2, 0) is 0 Å². The van der Waals surface area contributed by atoms with Crippen molar-refractivity contribution in [1.82, 2.24) is 0 Å². The summed E-state index contributed by atoms with van der Waals surface area (Å²) >= 11 is 3.33. The Labute approximate surface area is 101 Å². The fraction of sp³-hybridized carbons (Fsp3) is 0. The summed E-state index contributed by atoms with van der Waals surface area (Å²) in [5, 5.41) is 0. The molecule has 2 rings (SSSR count). The predicted octanol–water partition coefficient (Wildman–Crippen LogP) is 4.07. The fourth-order valence-electron chi connectivity index (χ4n) is 1.49. The van der Waals surface area contributed by atoms with Gasteiger partial charge in [0.25, 0.3) is 0 Å². The number of carbonyl (C=O) groups is 1. The minimum absolute atomic E-state index is 0.330. The molecule has 0 aliphatic carbocycles. The van der Waals surface area contributed by atoms with Crippen molar-refractivity contribution >= 4 is 22.2 Å². The Kier molecular flexibility index (Phi) is 3.15. The first-order valence-electron chi connectivity index (χ1n) is 4.71. The topological polar surface area (TPSA) is 17.1 Å². The Morgan fingerprint density at radius 1 is 1.12 bits per heavy atom. The van der Waals surface area contributed by atoms with E-state index >= 15 is 0 Å². The maximum Gasteiger partial charge on any atom is 0.150 e. The number of aldehydes is 1. The van der Waals surface area contributed by atoms with Crippen LogP contribution in [0.4, 0.5) is 4.39 Å². The lowest BCUT2D eigenvalue weighted by Gasteiger charge is -2.04. The van der Waals surface area contributed by atoms with Gasteiger partial charge in [0.2, 0.25) is 0 Å². The van der Waals surface area contributed by atoms with E-state index in [1.54, 1.807) is 12.1 Å². The monoisotopic (exact) mass is 278 g/mol. The van der Waals surface area contributed by atoms with E-state index in [0.29, 0.717) is 17.4 Å². The fourth-order valence-corrected chi connectivity index (χ4v) is 1.89. The van der Waals surface area contributed by atoms with Gasteiger partial charge < -0.3 is 0 Å². The Morgan fingerprint density at radius 3 is 2.62 bits per heavy atom. The van der Waals surface area contributed by atoms with Crippen molar-refractivity contribution in [3.63, 3.8) is 0 Å². The van der Waals surface area contributed by atoms with Crippen LogP contribution in [0.25, 0.3) is 11.1 Å². The Morgan fingerprint density at radius 2 is 1.94 bits per heavy atom. The first kappa shape index (κ1) is 11.0. The second-order valence-electron chi connectivity index (χ2n) is 3.37. The summed E-state index contributed by atoms with van der Waals surface area (Å²) in [7, 11) is 0. The number of hydrogen-bond donors (Lipinski definition) is 0. The van der Waals surface area contributed by atoms with E-state index in [9.17, 15) is 9.18 Å². The van der Waals surface area contributed by atoms with Crippen molar-refractivity contribution in [1.29, 1.82) is 0 Å². The molecule has 0 aromatic heterocycles. The SMILES string of the molecule is O=Cc1ccc(F)c(-c2cccc(Br)c2)c1. The van der Waals surface area contributed by atoms with Gasteiger partial charge in [0.15, 0.2) is 0 Å². The van der Waals surface area contributed by atoms with Gasteiger partial charge in [-0.1, -0.05) is 28.1 Å². The first-order valence-corrected chi connectivity index (χ1v) is 5.50. The highest BCUT2D eigenvalue weighted by Gasteiger charge is 2.06. The third-order valence-electron chi connectivity index (χ3n) is 2.26. The molecule has 0 radical (unpaired) electrons. The van der Waals surface area contributed by atoms with Crippen LogP contribution in [0.2, 0.25) is 0 Å². The lowest BCUT2D eigenvalue weighted by atomic mass is 10.0. The van der Waals surface area contributed by atoms with E-state index in [4.69, 9.17) is 0 Å². The van der Waals surface area contributed by atoms with E-state index in [1.165, 1.54) is 12.1 Å². The molecular weight excluding hydrogens is 271 g/mol. The molecule has 0 unspecified atom stereocenters. The highest BCUT2D eigenvalue weighted by Crippen LogP contribution is 2.26. The lowest BCUT2D eigenvalue weighted by molar-refractivity contribution is 0.112. The summed E-state index contributed by atoms with van der Waals surface area (Å²) in [4.78, 5) is 10.6. The largest absolute Gasteiger partial charge is 0.298 e. The number of carbonyl (C=O) groups excluding carboxylic acids is 1. The third kappa shape index (κ3) is 2.19. The maximum absolute atomic E-state index is 13.6. The van der Waals surface area contributed by atoms with Gasteiger partial charge in [-0.2, -0.15) is 0 Å². The molecule has 16 heavy (non-hydrogen) atoms. The summed E-state index contributed by atoms with van der Waals surface area (Å²) in [5.74, 6) is -0.330. The molecule has 0 saturated heterocycles. The predicted molar refractivity (Wildman–Crippen MR) is 64.9 cm³/mol. The van der Waals surface area contributed by atoms with E-state index in [0.717, 1.165) is 10.0 Å². The van der Waals surface area contributed by atoms with E-state index in [2.05, 4.69) is 15.9 Å². The van der Waals surface area contributed by atoms with Crippen LogP contribution in [0.5, 0.6) is 0 Å². The Hall–Kier alpha value is -1.48. The van der Waals surface area contributed by atoms with Crippen molar-refractivity contribution in [3.8, 4) is 11.1 Å². The molecule has 1 nitrogen and oxygen atoms in total. The molecule has 0 bridgehead atoms. The molecule has 0 aliphatic rings. The first-order chi connectivity index (χ1) is 7.70. The van der Waals surface area contributed by atoms with Gasteiger partial charge in [-0.25, -0.2) is 4.39 Å². The molecule has 3 heteroatoms. The number of halogens is 2. The van der Waals surface area contributed by atoms with Crippen molar-refractivity contribution < 1.29 is 9.18 Å². The zero-order valence-electron chi connectivity index (χ0n) is 8.28. The zero-order chi connectivity index (χ0) is 11.5. The number of benzene rings is 2. The molecule has 0 saturated carbocycles. The molecule has 0 N–H and O–H groups in total. The van der Waals surface area contributed by atoms with Gasteiger partial charge in [0, 0.05) is 15.6 Å². The minimum Gasteiger partial charge on any atom is -0.298 e. The Bertz CT molecular complexity index is 537. The van der Waals surface area contributed by atoms with Crippen molar-refractivity contribution in [2.45, 2.75) is 0 Å². The standard InChI is InChI=1S/C13H8BrFO/c14-11-3-1-2-10(7-11)12-6-9(8-16)4-5-13(12)15/h1-8H. The third-order valence-corrected chi connectivity index (χ3v) is 2.76. The summed E-state index contributed by atoms with van der Waals surface area (Å²) in [6.07, 6.45) is 0.709. The van der Waals surface area contributed by atoms with Crippen LogP contribution in [-0.4, -0.2) is 6.29 Å². The number of hydrogen-bond acceptors (Lipinski definition) is 1. The average Bonchev–Trinajstić information content (AvgIpc) is 2.30. The molecule has 0 atom stereocenters. The second kappa shape index (κ2) is 4.58. The molecule has 2 aromatic rings. The second-order valence-corrected chi connectivity index (χ2v) is 4.28. The zero-order valence-corrected chi connectivity index (χ0v) is 9.87. The van der Waals surface area contributed by atoms with Gasteiger partial charge in [-0.3, -0.25) is 4.79 Å². The molecule has 0 fully saturated rings. The van der Waals surface area contributed by atoms with Crippen molar-refractivity contribution in [2.24, 2.45) is 0 Å². The van der Waals surface area contributed by atoms with Crippen LogP contribution in [0.1, 0.15) is 10.4 Å². The highest BCUT2D eigenvalue weighted by molar-refractivity contribution is 9.10. The maximum atomic E-state index is 13.6. The van der Waals surface area contributed by atoms with Crippen LogP contribution < -0.4 is 0 Å². The van der Waals surface area contributed by atoms with Crippen molar-refractivity contribution in [3.05, 3.63) is 58.3 Å². The normalized spacial score (nSPS) is 10.1. The summed E-state index contributed by atoms with van der Waals surface area (Å²) in [6.45, 7) is 0. The minimum atomic E-state index is -0.330. The summed E-state index contributed by atoms with van der Waals surface area (Å²) in [5.41, 5.74) is 1.65. The van der Waals surface area contributed by atoms with Gasteiger partial charge in [0.1, 0.15) is 12.1 Å². The highest BCUT2D eigenvalue weighted by atomic mass is 79.9. The van der Waals surface area contributed by atoms with Crippen molar-refractivity contribution in [2.75, 3.05) is 0 Å². The molecular formula is C13H8BrFO. The molecule has 0 aliphatic heterocycles. The molecule has 2 aromatic carbocycles. The number of rotatable bonds is 2. The van der Waals surface area contributed by atoms with Crippen LogP contribution in [0.3, 0.4) is 0 Å². The average molecular weight is 279 g/mol. The van der Waals surface area contributed by atoms with Gasteiger partial charge in [-0.15, -0.1) is 0 Å². The van der Waals surface area contributed by atoms with E-state index < -0.39 is 0 Å². The smallest absolute Gasteiger partial charge is 0.150 e. The van der Waals surface area contributed by atoms with E-state index in [1.807, 2.05) is 18.2 Å². The van der Waals surface area contributed by atoms with Gasteiger partial charge in [-0.05, 0) is 35.9 Å². The molecule has 0 heterocycles. The van der Waals surface area contributed by atoms with Crippen LogP contribution >= 0.6 is 15.9 Å². The Balaban J connectivity index is 2.58. The van der Waals surface area contributed by atoms with Gasteiger partial charge >= 0.3 is 0 Å².